The molecule has 3 heteroatoms. The number of rotatable bonds is 17. The third-order valence-electron chi connectivity index (χ3n) is 4.39. The zero-order chi connectivity index (χ0) is 16.5. The van der Waals surface area contributed by atoms with Crippen LogP contribution in [0, 0.1) is 0 Å². The molecule has 0 aromatic rings. The van der Waals surface area contributed by atoms with Gasteiger partial charge in [0.2, 0.25) is 0 Å². The van der Waals surface area contributed by atoms with E-state index in [0.29, 0.717) is 0 Å². The molecular formula is C19H40O3. The third-order valence-corrected chi connectivity index (χ3v) is 4.39. The van der Waals surface area contributed by atoms with Crippen LogP contribution in [-0.4, -0.2) is 33.2 Å². The van der Waals surface area contributed by atoms with Gasteiger partial charge in [-0.1, -0.05) is 58.8 Å². The highest BCUT2D eigenvalue weighted by molar-refractivity contribution is 4.69. The lowest BCUT2D eigenvalue weighted by Crippen LogP contribution is -2.34. The van der Waals surface area contributed by atoms with Crippen LogP contribution in [0.15, 0.2) is 0 Å². The molecule has 0 aromatic heterocycles. The molecule has 0 unspecified atom stereocenters. The van der Waals surface area contributed by atoms with E-state index >= 15 is 0 Å². The highest BCUT2D eigenvalue weighted by atomic mass is 16.7. The molecule has 0 aliphatic carbocycles. The molecule has 0 saturated heterocycles. The number of ether oxygens (including phenoxy) is 3. The quantitative estimate of drug-likeness (QED) is 0.254. The Labute approximate surface area is 139 Å². The first kappa shape index (κ1) is 21.9. The first-order valence-electron chi connectivity index (χ1n) is 9.42. The standard InChI is InChI=1S/C19H40O3/c1-5-7-9-10-11-12-13-15-19(20-3,21-4)16-14-18-22-17-8-6-2/h5-18H2,1-4H3. The normalized spacial score (nSPS) is 12.0. The lowest BCUT2D eigenvalue weighted by atomic mass is 10.0. The summed E-state index contributed by atoms with van der Waals surface area (Å²) in [4.78, 5) is 0. The van der Waals surface area contributed by atoms with Gasteiger partial charge in [-0.2, -0.15) is 0 Å². The summed E-state index contributed by atoms with van der Waals surface area (Å²) in [5.41, 5.74) is 0. The summed E-state index contributed by atoms with van der Waals surface area (Å²) in [6.45, 7) is 6.14. The fourth-order valence-corrected chi connectivity index (χ4v) is 2.76. The van der Waals surface area contributed by atoms with Gasteiger partial charge in [0.05, 0.1) is 0 Å². The molecule has 0 saturated carbocycles. The van der Waals surface area contributed by atoms with E-state index in [1.54, 1.807) is 14.2 Å². The van der Waals surface area contributed by atoms with Crippen LogP contribution in [0.25, 0.3) is 0 Å². The van der Waals surface area contributed by atoms with Crippen molar-refractivity contribution in [3.63, 3.8) is 0 Å². The Bertz CT molecular complexity index is 215. The van der Waals surface area contributed by atoms with Crippen LogP contribution in [0.3, 0.4) is 0 Å². The molecule has 0 spiro atoms. The molecule has 0 bridgehead atoms. The monoisotopic (exact) mass is 316 g/mol. The van der Waals surface area contributed by atoms with Crippen molar-refractivity contribution in [2.24, 2.45) is 0 Å². The zero-order valence-corrected chi connectivity index (χ0v) is 15.6. The first-order chi connectivity index (χ1) is 10.7. The van der Waals surface area contributed by atoms with E-state index in [4.69, 9.17) is 14.2 Å². The minimum absolute atomic E-state index is 0.405. The van der Waals surface area contributed by atoms with E-state index in [1.165, 1.54) is 51.4 Å². The Morgan fingerprint density at radius 2 is 1.09 bits per heavy atom. The average Bonchev–Trinajstić information content (AvgIpc) is 2.55. The largest absolute Gasteiger partial charge is 0.381 e. The van der Waals surface area contributed by atoms with Gasteiger partial charge in [-0.3, -0.25) is 0 Å². The van der Waals surface area contributed by atoms with Crippen molar-refractivity contribution in [2.45, 2.75) is 96.7 Å². The maximum atomic E-state index is 5.68. The number of methoxy groups -OCH3 is 2. The SMILES string of the molecule is CCCCCCCCCC(CCCOCCCC)(OC)OC. The lowest BCUT2D eigenvalue weighted by Gasteiger charge is -2.31. The molecule has 0 radical (unpaired) electrons. The highest BCUT2D eigenvalue weighted by Gasteiger charge is 2.28. The summed E-state index contributed by atoms with van der Waals surface area (Å²) >= 11 is 0. The van der Waals surface area contributed by atoms with Gasteiger partial charge in [0.1, 0.15) is 0 Å². The van der Waals surface area contributed by atoms with Crippen molar-refractivity contribution >= 4 is 0 Å². The lowest BCUT2D eigenvalue weighted by molar-refractivity contribution is -0.217. The Morgan fingerprint density at radius 3 is 1.68 bits per heavy atom. The number of hydrogen-bond acceptors (Lipinski definition) is 3. The van der Waals surface area contributed by atoms with Crippen molar-refractivity contribution < 1.29 is 14.2 Å². The van der Waals surface area contributed by atoms with E-state index in [1.807, 2.05) is 0 Å². The molecule has 0 aliphatic rings. The molecule has 0 fully saturated rings. The third kappa shape index (κ3) is 11.4. The summed E-state index contributed by atoms with van der Waals surface area (Å²) in [7, 11) is 3.53. The van der Waals surface area contributed by atoms with Gasteiger partial charge in [0.15, 0.2) is 5.79 Å². The maximum absolute atomic E-state index is 5.68. The van der Waals surface area contributed by atoms with Gasteiger partial charge in [-0.15, -0.1) is 0 Å². The molecule has 134 valence electrons. The number of unbranched alkanes of at least 4 members (excludes halogenated alkanes) is 7. The van der Waals surface area contributed by atoms with Crippen molar-refractivity contribution in [1.82, 2.24) is 0 Å². The van der Waals surface area contributed by atoms with Crippen LogP contribution in [-0.2, 0) is 14.2 Å². The van der Waals surface area contributed by atoms with Crippen LogP contribution in [0.4, 0.5) is 0 Å². The van der Waals surface area contributed by atoms with Crippen LogP contribution in [0.1, 0.15) is 90.9 Å². The van der Waals surface area contributed by atoms with Gasteiger partial charge < -0.3 is 14.2 Å². The molecule has 0 heterocycles. The van der Waals surface area contributed by atoms with E-state index in [-0.39, 0.29) is 0 Å². The van der Waals surface area contributed by atoms with Gasteiger partial charge in [-0.05, 0) is 19.3 Å². The van der Waals surface area contributed by atoms with E-state index in [0.717, 1.165) is 38.9 Å². The molecule has 0 aromatic carbocycles. The molecule has 0 amide bonds. The second kappa shape index (κ2) is 15.8. The van der Waals surface area contributed by atoms with Crippen molar-refractivity contribution in [1.29, 1.82) is 0 Å². The minimum atomic E-state index is -0.405. The smallest absolute Gasteiger partial charge is 0.167 e. The van der Waals surface area contributed by atoms with Crippen molar-refractivity contribution in [3.8, 4) is 0 Å². The average molecular weight is 317 g/mol. The Balaban J connectivity index is 3.76. The van der Waals surface area contributed by atoms with Gasteiger partial charge in [0.25, 0.3) is 0 Å². The van der Waals surface area contributed by atoms with Crippen LogP contribution >= 0.6 is 0 Å². The summed E-state index contributed by atoms with van der Waals surface area (Å²) in [6, 6.07) is 0. The maximum Gasteiger partial charge on any atom is 0.167 e. The highest BCUT2D eigenvalue weighted by Crippen LogP contribution is 2.26. The van der Waals surface area contributed by atoms with Crippen LogP contribution < -0.4 is 0 Å². The molecule has 0 aliphatic heterocycles. The molecule has 22 heavy (non-hydrogen) atoms. The van der Waals surface area contributed by atoms with E-state index in [9.17, 15) is 0 Å². The first-order valence-corrected chi connectivity index (χ1v) is 9.42. The second-order valence-corrected chi connectivity index (χ2v) is 6.26. The van der Waals surface area contributed by atoms with E-state index < -0.39 is 5.79 Å². The number of hydrogen-bond donors (Lipinski definition) is 0. The molecule has 0 rings (SSSR count). The van der Waals surface area contributed by atoms with Crippen molar-refractivity contribution in [2.75, 3.05) is 27.4 Å². The zero-order valence-electron chi connectivity index (χ0n) is 15.6. The van der Waals surface area contributed by atoms with Crippen LogP contribution in [0.2, 0.25) is 0 Å². The predicted octanol–water partition coefficient (Wildman–Crippen LogP) is 5.71. The second-order valence-electron chi connectivity index (χ2n) is 6.26. The summed E-state index contributed by atoms with van der Waals surface area (Å²) in [6.07, 6.45) is 14.5. The van der Waals surface area contributed by atoms with Crippen molar-refractivity contribution in [3.05, 3.63) is 0 Å². The fraction of sp³-hybridized carbons (Fsp3) is 1.00. The summed E-state index contributed by atoms with van der Waals surface area (Å²) in [5.74, 6) is -0.405. The van der Waals surface area contributed by atoms with E-state index in [2.05, 4.69) is 13.8 Å². The topological polar surface area (TPSA) is 27.7 Å². The fourth-order valence-electron chi connectivity index (χ4n) is 2.76. The van der Waals surface area contributed by atoms with Crippen LogP contribution in [0.5, 0.6) is 0 Å². The molecule has 0 N–H and O–H groups in total. The Kier molecular flexibility index (Phi) is 15.7. The Morgan fingerprint density at radius 1 is 0.591 bits per heavy atom. The molecule has 0 atom stereocenters. The van der Waals surface area contributed by atoms with Gasteiger partial charge in [0, 0.05) is 40.3 Å². The molecule has 3 nitrogen and oxygen atoms in total. The minimum Gasteiger partial charge on any atom is -0.381 e. The molecular weight excluding hydrogens is 276 g/mol. The van der Waals surface area contributed by atoms with Gasteiger partial charge in [-0.25, -0.2) is 0 Å². The Hall–Kier alpha value is -0.120. The predicted molar refractivity (Wildman–Crippen MR) is 94.3 cm³/mol. The summed E-state index contributed by atoms with van der Waals surface area (Å²) in [5, 5.41) is 0. The summed E-state index contributed by atoms with van der Waals surface area (Å²) < 4.78 is 17.0. The van der Waals surface area contributed by atoms with Gasteiger partial charge >= 0.3 is 0 Å².